The van der Waals surface area contributed by atoms with Crippen molar-refractivity contribution in [3.05, 3.63) is 10.1 Å². The average Bonchev–Trinajstić information content (AvgIpc) is 2.27. The lowest BCUT2D eigenvalue weighted by molar-refractivity contribution is -0.480. The van der Waals surface area contributed by atoms with Crippen molar-refractivity contribution in [2.75, 3.05) is 26.2 Å². The van der Waals surface area contributed by atoms with Crippen molar-refractivity contribution < 1.29 is 4.92 Å². The molecule has 0 saturated carbocycles. The highest BCUT2D eigenvalue weighted by atomic mass is 16.6. The molecular formula is C10H26N4O2. The van der Waals surface area contributed by atoms with Crippen molar-refractivity contribution in [3.63, 3.8) is 0 Å². The van der Waals surface area contributed by atoms with Crippen LogP contribution in [0.2, 0.25) is 0 Å². The van der Waals surface area contributed by atoms with Crippen LogP contribution in [0.5, 0.6) is 0 Å². The number of nitro groups is 1. The van der Waals surface area contributed by atoms with Crippen LogP contribution in [0.25, 0.3) is 0 Å². The topological polar surface area (TPSA) is 121 Å². The van der Waals surface area contributed by atoms with Gasteiger partial charge in [0.2, 0.25) is 6.54 Å². The first-order valence-corrected chi connectivity index (χ1v) is 5.91. The van der Waals surface area contributed by atoms with Gasteiger partial charge in [-0.3, -0.25) is 10.1 Å². The van der Waals surface area contributed by atoms with E-state index in [1.54, 1.807) is 0 Å². The van der Waals surface area contributed by atoms with Crippen molar-refractivity contribution in [2.24, 2.45) is 17.2 Å². The van der Waals surface area contributed by atoms with Gasteiger partial charge in [0, 0.05) is 11.3 Å². The highest BCUT2D eigenvalue weighted by molar-refractivity contribution is 4.44. The van der Waals surface area contributed by atoms with E-state index in [9.17, 15) is 10.1 Å². The minimum absolute atomic E-state index is 0.00347. The lowest BCUT2D eigenvalue weighted by atomic mass is 10.1. The van der Waals surface area contributed by atoms with Gasteiger partial charge in [-0.25, -0.2) is 0 Å². The molecule has 0 aromatic carbocycles. The molecule has 98 valence electrons. The molecule has 0 saturated heterocycles. The van der Waals surface area contributed by atoms with Crippen LogP contribution in [0.3, 0.4) is 0 Å². The molecule has 0 spiro atoms. The molecule has 0 fully saturated rings. The molecule has 0 radical (unpaired) electrons. The van der Waals surface area contributed by atoms with E-state index in [-0.39, 0.29) is 11.5 Å². The van der Waals surface area contributed by atoms with Gasteiger partial charge < -0.3 is 17.2 Å². The lowest BCUT2D eigenvalue weighted by Gasteiger charge is -1.96. The molecule has 0 bridgehead atoms. The van der Waals surface area contributed by atoms with E-state index in [0.29, 0.717) is 13.0 Å². The summed E-state index contributed by atoms with van der Waals surface area (Å²) in [6.45, 7) is 2.07. The van der Waals surface area contributed by atoms with Crippen LogP contribution in [0.4, 0.5) is 0 Å². The second-order valence-electron chi connectivity index (χ2n) is 3.54. The Morgan fingerprint density at radius 2 is 1.12 bits per heavy atom. The molecule has 0 aromatic rings. The zero-order valence-corrected chi connectivity index (χ0v) is 10.1. The van der Waals surface area contributed by atoms with Crippen LogP contribution < -0.4 is 17.2 Å². The molecule has 6 nitrogen and oxygen atoms in total. The predicted octanol–water partition coefficient (Wildman–Crippen LogP) is 0.466. The first-order chi connectivity index (χ1) is 7.68. The average molecular weight is 234 g/mol. The molecule has 0 aliphatic rings. The third kappa shape index (κ3) is 23.3. The molecule has 0 aliphatic heterocycles. The summed E-state index contributed by atoms with van der Waals surface area (Å²) in [5.41, 5.74) is 15.6. The summed E-state index contributed by atoms with van der Waals surface area (Å²) < 4.78 is 0. The number of nitrogens with zero attached hydrogens (tertiary/aromatic N) is 1. The Morgan fingerprint density at radius 1 is 0.750 bits per heavy atom. The number of rotatable bonds is 9. The van der Waals surface area contributed by atoms with Gasteiger partial charge in [0.15, 0.2) is 0 Å². The standard InChI is InChI=1S/C7H18N2.C3H8N2O2/c8-6-4-2-1-3-5-7-9;4-2-1-3-5(6)7/h1-9H2;1-4H2. The number of hydrogen-bond acceptors (Lipinski definition) is 5. The number of nitrogens with two attached hydrogens (primary N) is 3. The van der Waals surface area contributed by atoms with Crippen molar-refractivity contribution >= 4 is 0 Å². The largest absolute Gasteiger partial charge is 0.330 e. The molecule has 0 amide bonds. The van der Waals surface area contributed by atoms with Crippen molar-refractivity contribution in [1.29, 1.82) is 0 Å². The Hall–Kier alpha value is -0.720. The highest BCUT2D eigenvalue weighted by Crippen LogP contribution is 1.99. The van der Waals surface area contributed by atoms with Gasteiger partial charge in [0.1, 0.15) is 0 Å². The summed E-state index contributed by atoms with van der Waals surface area (Å²) in [6, 6.07) is 0. The Morgan fingerprint density at radius 3 is 1.38 bits per heavy atom. The Balaban J connectivity index is 0. The maximum absolute atomic E-state index is 9.51. The van der Waals surface area contributed by atoms with Gasteiger partial charge in [-0.1, -0.05) is 19.3 Å². The fourth-order valence-corrected chi connectivity index (χ4v) is 1.04. The van der Waals surface area contributed by atoms with Crippen molar-refractivity contribution in [2.45, 2.75) is 38.5 Å². The van der Waals surface area contributed by atoms with Gasteiger partial charge in [-0.2, -0.15) is 0 Å². The molecule has 6 N–H and O–H groups in total. The molecule has 0 atom stereocenters. The van der Waals surface area contributed by atoms with Gasteiger partial charge in [-0.15, -0.1) is 0 Å². The Bertz CT molecular complexity index is 139. The zero-order valence-electron chi connectivity index (χ0n) is 10.1. The lowest BCUT2D eigenvalue weighted by Crippen LogP contribution is -2.07. The highest BCUT2D eigenvalue weighted by Gasteiger charge is 1.90. The van der Waals surface area contributed by atoms with E-state index in [2.05, 4.69) is 0 Å². The normalized spacial score (nSPS) is 9.44. The molecule has 16 heavy (non-hydrogen) atoms. The summed E-state index contributed by atoms with van der Waals surface area (Å²) in [6.07, 6.45) is 6.67. The van der Waals surface area contributed by atoms with Crippen LogP contribution >= 0.6 is 0 Å². The first-order valence-electron chi connectivity index (χ1n) is 5.91. The maximum atomic E-state index is 9.51. The summed E-state index contributed by atoms with van der Waals surface area (Å²) >= 11 is 0. The van der Waals surface area contributed by atoms with Crippen LogP contribution in [-0.4, -0.2) is 31.1 Å². The first kappa shape index (κ1) is 17.7. The van der Waals surface area contributed by atoms with Crippen LogP contribution in [-0.2, 0) is 0 Å². The fourth-order valence-electron chi connectivity index (χ4n) is 1.04. The maximum Gasteiger partial charge on any atom is 0.205 e. The summed E-state index contributed by atoms with van der Waals surface area (Å²) in [4.78, 5) is 9.14. The van der Waals surface area contributed by atoms with E-state index >= 15 is 0 Å². The minimum Gasteiger partial charge on any atom is -0.330 e. The van der Waals surface area contributed by atoms with Crippen molar-refractivity contribution in [3.8, 4) is 0 Å². The van der Waals surface area contributed by atoms with E-state index < -0.39 is 0 Å². The number of unbranched alkanes of at least 4 members (excludes halogenated alkanes) is 4. The predicted molar refractivity (Wildman–Crippen MR) is 66.7 cm³/mol. The summed E-state index contributed by atoms with van der Waals surface area (Å²) in [7, 11) is 0. The quantitative estimate of drug-likeness (QED) is 0.304. The van der Waals surface area contributed by atoms with Gasteiger partial charge in [0.25, 0.3) is 0 Å². The SMILES string of the molecule is NCCCCCCCN.NCCC[N+](=O)[O-]. The van der Waals surface area contributed by atoms with Gasteiger partial charge >= 0.3 is 0 Å². The zero-order chi connectivity index (χ0) is 12.6. The Labute approximate surface area is 97.7 Å². The van der Waals surface area contributed by atoms with Crippen molar-refractivity contribution in [1.82, 2.24) is 0 Å². The molecule has 0 aromatic heterocycles. The fraction of sp³-hybridized carbons (Fsp3) is 1.00. The minimum atomic E-state index is -0.368. The van der Waals surface area contributed by atoms with Crippen LogP contribution in [0.1, 0.15) is 38.5 Å². The van der Waals surface area contributed by atoms with E-state index in [1.807, 2.05) is 0 Å². The number of hydrogen-bond donors (Lipinski definition) is 3. The Kier molecular flexibility index (Phi) is 18.4. The summed E-state index contributed by atoms with van der Waals surface area (Å²) in [5, 5.41) is 9.51. The van der Waals surface area contributed by atoms with Gasteiger partial charge in [0.05, 0.1) is 0 Å². The molecular weight excluding hydrogens is 208 g/mol. The third-order valence-electron chi connectivity index (χ3n) is 1.95. The summed E-state index contributed by atoms with van der Waals surface area (Å²) in [5.74, 6) is 0. The van der Waals surface area contributed by atoms with Gasteiger partial charge in [-0.05, 0) is 32.5 Å². The van der Waals surface area contributed by atoms with E-state index in [4.69, 9.17) is 17.2 Å². The van der Waals surface area contributed by atoms with E-state index in [0.717, 1.165) is 13.1 Å². The molecule has 6 heteroatoms. The monoisotopic (exact) mass is 234 g/mol. The molecule has 0 heterocycles. The smallest absolute Gasteiger partial charge is 0.205 e. The third-order valence-corrected chi connectivity index (χ3v) is 1.95. The molecule has 0 rings (SSSR count). The second-order valence-corrected chi connectivity index (χ2v) is 3.54. The van der Waals surface area contributed by atoms with E-state index in [1.165, 1.54) is 32.1 Å². The molecule has 0 unspecified atom stereocenters. The second kappa shape index (κ2) is 16.7. The van der Waals surface area contributed by atoms with Crippen LogP contribution in [0, 0.1) is 10.1 Å². The molecule has 0 aliphatic carbocycles. The van der Waals surface area contributed by atoms with Crippen LogP contribution in [0.15, 0.2) is 0 Å².